The number of hydrogen-bond donors (Lipinski definition) is 3. The Hall–Kier alpha value is -1.49. The van der Waals surface area contributed by atoms with Crippen LogP contribution in [-0.2, 0) is 0 Å². The number of halogens is 2. The summed E-state index contributed by atoms with van der Waals surface area (Å²) >= 11 is 11.7. The monoisotopic (exact) mass is 312 g/mol. The van der Waals surface area contributed by atoms with Gasteiger partial charge in [-0.15, -0.1) is 0 Å². The number of carbonyl (C=O) groups excluding carboxylic acids is 1. The lowest BCUT2D eigenvalue weighted by atomic mass is 10.1. The van der Waals surface area contributed by atoms with Crippen LogP contribution in [0.25, 0.3) is 0 Å². The average molecular weight is 313 g/mol. The predicted octanol–water partition coefficient (Wildman–Crippen LogP) is 3.09. The van der Waals surface area contributed by atoms with Gasteiger partial charge in [-0.1, -0.05) is 23.2 Å². The molecule has 4 nitrogen and oxygen atoms in total. The van der Waals surface area contributed by atoms with E-state index in [0.717, 1.165) is 5.69 Å². The zero-order chi connectivity index (χ0) is 14.7. The zero-order valence-corrected chi connectivity index (χ0v) is 12.3. The third kappa shape index (κ3) is 3.54. The molecule has 0 fully saturated rings. The van der Waals surface area contributed by atoms with Gasteiger partial charge < -0.3 is 15.4 Å². The number of aliphatic hydroxyl groups is 1. The van der Waals surface area contributed by atoms with Crippen LogP contribution in [0.4, 0.5) is 0 Å². The molecule has 1 atom stereocenters. The second-order valence-corrected chi connectivity index (χ2v) is 5.32. The van der Waals surface area contributed by atoms with Crippen molar-refractivity contribution in [2.45, 2.75) is 13.0 Å². The van der Waals surface area contributed by atoms with Crippen LogP contribution >= 0.6 is 23.2 Å². The number of amides is 1. The highest BCUT2D eigenvalue weighted by molar-refractivity contribution is 6.34. The lowest BCUT2D eigenvalue weighted by Gasteiger charge is -2.13. The first-order valence-electron chi connectivity index (χ1n) is 6.03. The van der Waals surface area contributed by atoms with Crippen molar-refractivity contribution in [2.24, 2.45) is 0 Å². The van der Waals surface area contributed by atoms with Crippen LogP contribution in [0.1, 0.15) is 27.7 Å². The number of rotatable bonds is 4. The summed E-state index contributed by atoms with van der Waals surface area (Å²) in [4.78, 5) is 14.8. The van der Waals surface area contributed by atoms with Gasteiger partial charge in [0, 0.05) is 28.5 Å². The number of aromatic amines is 1. The molecule has 0 bridgehead atoms. The fraction of sp³-hybridized carbons (Fsp3) is 0.214. The molecule has 20 heavy (non-hydrogen) atoms. The smallest absolute Gasteiger partial charge is 0.253 e. The normalized spacial score (nSPS) is 12.2. The Morgan fingerprint density at radius 3 is 2.55 bits per heavy atom. The van der Waals surface area contributed by atoms with Crippen LogP contribution in [0, 0.1) is 6.92 Å². The second-order valence-electron chi connectivity index (χ2n) is 4.44. The van der Waals surface area contributed by atoms with E-state index < -0.39 is 6.10 Å². The van der Waals surface area contributed by atoms with Crippen LogP contribution in [0.15, 0.2) is 30.5 Å². The van der Waals surface area contributed by atoms with Crippen molar-refractivity contribution in [1.82, 2.24) is 10.3 Å². The summed E-state index contributed by atoms with van der Waals surface area (Å²) in [5.74, 6) is -0.240. The van der Waals surface area contributed by atoms with E-state index in [1.54, 1.807) is 30.5 Å². The molecule has 1 heterocycles. The van der Waals surface area contributed by atoms with Gasteiger partial charge in [0.05, 0.1) is 11.7 Å². The maximum absolute atomic E-state index is 11.9. The van der Waals surface area contributed by atoms with E-state index in [9.17, 15) is 9.90 Å². The van der Waals surface area contributed by atoms with Crippen molar-refractivity contribution in [1.29, 1.82) is 0 Å². The van der Waals surface area contributed by atoms with Gasteiger partial charge in [-0.3, -0.25) is 4.79 Å². The van der Waals surface area contributed by atoms with E-state index in [0.29, 0.717) is 21.2 Å². The fourth-order valence-electron chi connectivity index (χ4n) is 1.87. The molecule has 0 aliphatic rings. The first-order valence-corrected chi connectivity index (χ1v) is 6.79. The molecule has 2 rings (SSSR count). The first-order chi connectivity index (χ1) is 9.47. The summed E-state index contributed by atoms with van der Waals surface area (Å²) in [6, 6.07) is 6.51. The van der Waals surface area contributed by atoms with Gasteiger partial charge in [0.1, 0.15) is 0 Å². The number of aryl methyl sites for hydroxylation is 1. The summed E-state index contributed by atoms with van der Waals surface area (Å²) in [6.45, 7) is 1.89. The highest BCUT2D eigenvalue weighted by atomic mass is 35.5. The molecule has 0 radical (unpaired) electrons. The summed E-state index contributed by atoms with van der Waals surface area (Å²) in [7, 11) is 0. The Bertz CT molecular complexity index is 605. The Morgan fingerprint density at radius 1 is 1.35 bits per heavy atom. The lowest BCUT2D eigenvalue weighted by molar-refractivity contribution is 0.0916. The zero-order valence-electron chi connectivity index (χ0n) is 10.8. The molecule has 1 amide bonds. The SMILES string of the molecule is Cc1[nH]ccc1C(=O)NCC(O)c1cc(Cl)cc(Cl)c1. The maximum atomic E-state index is 11.9. The lowest BCUT2D eigenvalue weighted by Crippen LogP contribution is -2.28. The van der Waals surface area contributed by atoms with E-state index in [-0.39, 0.29) is 12.5 Å². The minimum absolute atomic E-state index is 0.0835. The van der Waals surface area contributed by atoms with Crippen LogP contribution in [0.5, 0.6) is 0 Å². The summed E-state index contributed by atoms with van der Waals surface area (Å²) in [5, 5.41) is 13.6. The van der Waals surface area contributed by atoms with Crippen molar-refractivity contribution >= 4 is 29.1 Å². The van der Waals surface area contributed by atoms with Gasteiger partial charge in [0.15, 0.2) is 0 Å². The van der Waals surface area contributed by atoms with Crippen molar-refractivity contribution in [2.75, 3.05) is 6.54 Å². The van der Waals surface area contributed by atoms with Crippen molar-refractivity contribution in [3.8, 4) is 0 Å². The van der Waals surface area contributed by atoms with Crippen LogP contribution in [0.3, 0.4) is 0 Å². The van der Waals surface area contributed by atoms with E-state index >= 15 is 0 Å². The van der Waals surface area contributed by atoms with Crippen molar-refractivity contribution in [3.63, 3.8) is 0 Å². The summed E-state index contributed by atoms with van der Waals surface area (Å²) in [5.41, 5.74) is 1.90. The number of aromatic nitrogens is 1. The van der Waals surface area contributed by atoms with Gasteiger partial charge >= 0.3 is 0 Å². The number of aliphatic hydroxyl groups excluding tert-OH is 1. The highest BCUT2D eigenvalue weighted by Gasteiger charge is 2.13. The van der Waals surface area contributed by atoms with E-state index in [1.165, 1.54) is 0 Å². The third-order valence-electron chi connectivity index (χ3n) is 2.92. The quantitative estimate of drug-likeness (QED) is 0.812. The van der Waals surface area contributed by atoms with E-state index in [4.69, 9.17) is 23.2 Å². The molecular weight excluding hydrogens is 299 g/mol. The molecule has 0 saturated heterocycles. The van der Waals surface area contributed by atoms with Gasteiger partial charge in [-0.25, -0.2) is 0 Å². The van der Waals surface area contributed by atoms with Gasteiger partial charge in [-0.2, -0.15) is 0 Å². The molecule has 1 aromatic heterocycles. The first kappa shape index (κ1) is 14.9. The van der Waals surface area contributed by atoms with Crippen LogP contribution in [0.2, 0.25) is 10.0 Å². The summed E-state index contributed by atoms with van der Waals surface area (Å²) in [6.07, 6.45) is 0.826. The Morgan fingerprint density at radius 2 is 2.00 bits per heavy atom. The van der Waals surface area contributed by atoms with E-state index in [1.807, 2.05) is 6.92 Å². The molecule has 1 aromatic carbocycles. The van der Waals surface area contributed by atoms with Crippen LogP contribution < -0.4 is 5.32 Å². The van der Waals surface area contributed by atoms with Crippen molar-refractivity contribution < 1.29 is 9.90 Å². The van der Waals surface area contributed by atoms with Gasteiger partial charge in [-0.05, 0) is 36.8 Å². The topological polar surface area (TPSA) is 65.1 Å². The standard InChI is InChI=1S/C14H14Cl2N2O2/c1-8-12(2-3-17-8)14(20)18-7-13(19)9-4-10(15)6-11(16)5-9/h2-6,13,17,19H,7H2,1H3,(H,18,20). The van der Waals surface area contributed by atoms with Gasteiger partial charge in [0.25, 0.3) is 5.91 Å². The number of hydrogen-bond acceptors (Lipinski definition) is 2. The molecule has 2 aromatic rings. The van der Waals surface area contributed by atoms with Crippen molar-refractivity contribution in [3.05, 3.63) is 57.3 Å². The second kappa shape index (κ2) is 6.31. The highest BCUT2D eigenvalue weighted by Crippen LogP contribution is 2.23. The minimum atomic E-state index is -0.866. The maximum Gasteiger partial charge on any atom is 0.253 e. The predicted molar refractivity (Wildman–Crippen MR) is 79.3 cm³/mol. The molecule has 6 heteroatoms. The Kier molecular flexibility index (Phi) is 4.70. The molecule has 0 spiro atoms. The molecule has 0 aliphatic heterocycles. The summed E-state index contributed by atoms with van der Waals surface area (Å²) < 4.78 is 0. The molecule has 3 N–H and O–H groups in total. The average Bonchev–Trinajstić information content (AvgIpc) is 2.80. The third-order valence-corrected chi connectivity index (χ3v) is 3.36. The van der Waals surface area contributed by atoms with E-state index in [2.05, 4.69) is 10.3 Å². The molecule has 0 aliphatic carbocycles. The number of benzene rings is 1. The fourth-order valence-corrected chi connectivity index (χ4v) is 2.41. The molecule has 1 unspecified atom stereocenters. The van der Waals surface area contributed by atoms with Gasteiger partial charge in [0.2, 0.25) is 0 Å². The number of nitrogens with one attached hydrogen (secondary N) is 2. The number of carbonyl (C=O) groups is 1. The Labute approximate surface area is 126 Å². The number of H-pyrrole nitrogens is 1. The largest absolute Gasteiger partial charge is 0.387 e. The minimum Gasteiger partial charge on any atom is -0.387 e. The molecular formula is C14H14Cl2N2O2. The Balaban J connectivity index is 2.00. The molecule has 106 valence electrons. The molecule has 0 saturated carbocycles. The van der Waals surface area contributed by atoms with Crippen LogP contribution in [-0.4, -0.2) is 22.5 Å².